The Kier molecular flexibility index (Phi) is 4.76. The van der Waals surface area contributed by atoms with Crippen LogP contribution in [0.1, 0.15) is 21.5 Å². The molecule has 3 rings (SSSR count). The molecule has 0 spiro atoms. The Morgan fingerprint density at radius 3 is 2.72 bits per heavy atom. The number of carbonyl (C=O) groups is 1. The normalized spacial score (nSPS) is 10.7. The van der Waals surface area contributed by atoms with E-state index in [0.717, 1.165) is 5.56 Å². The Hall–Kier alpha value is -2.79. The average molecular weight is 359 g/mol. The molecule has 2 aromatic carbocycles. The van der Waals surface area contributed by atoms with Crippen molar-refractivity contribution in [1.82, 2.24) is 0 Å². The largest absolute Gasteiger partial charge is 0.496 e. The van der Waals surface area contributed by atoms with E-state index in [4.69, 9.17) is 25.5 Å². The summed E-state index contributed by atoms with van der Waals surface area (Å²) in [6.45, 7) is 1.73. The Balaban J connectivity index is 1.92. The summed E-state index contributed by atoms with van der Waals surface area (Å²) in [7, 11) is 1.48. The first-order valence-electron chi connectivity index (χ1n) is 7.52. The van der Waals surface area contributed by atoms with E-state index in [1.54, 1.807) is 36.4 Å². The molecule has 0 aliphatic carbocycles. The number of rotatable bonds is 4. The number of benzene rings is 2. The number of ether oxygens (including phenoxy) is 2. The maximum Gasteiger partial charge on any atom is 0.342 e. The van der Waals surface area contributed by atoms with E-state index in [2.05, 4.69) is 0 Å². The van der Waals surface area contributed by atoms with Crippen molar-refractivity contribution in [3.63, 3.8) is 0 Å². The maximum atomic E-state index is 12.3. The third-order valence-electron chi connectivity index (χ3n) is 3.80. The number of fused-ring (bicyclic) bond motifs is 1. The molecular weight excluding hydrogens is 344 g/mol. The monoisotopic (exact) mass is 358 g/mol. The number of halogens is 1. The topological polar surface area (TPSA) is 65.7 Å². The highest BCUT2D eigenvalue weighted by Crippen LogP contribution is 2.26. The van der Waals surface area contributed by atoms with E-state index < -0.39 is 11.6 Å². The molecule has 0 radical (unpaired) electrons. The van der Waals surface area contributed by atoms with Crippen LogP contribution in [0.3, 0.4) is 0 Å². The van der Waals surface area contributed by atoms with Gasteiger partial charge in [0, 0.05) is 22.0 Å². The fourth-order valence-electron chi connectivity index (χ4n) is 2.50. The minimum atomic E-state index is -0.544. The molecule has 6 heteroatoms. The van der Waals surface area contributed by atoms with E-state index in [-0.39, 0.29) is 6.61 Å². The zero-order chi connectivity index (χ0) is 18.0. The zero-order valence-electron chi connectivity index (χ0n) is 13.7. The van der Waals surface area contributed by atoms with Crippen LogP contribution in [0, 0.1) is 6.92 Å². The fraction of sp³-hybridized carbons (Fsp3) is 0.158. The molecule has 0 bridgehead atoms. The second kappa shape index (κ2) is 6.99. The molecule has 0 fully saturated rings. The van der Waals surface area contributed by atoms with Gasteiger partial charge in [-0.25, -0.2) is 9.59 Å². The molecule has 0 saturated heterocycles. The molecule has 0 aliphatic heterocycles. The first-order chi connectivity index (χ1) is 12.0. The van der Waals surface area contributed by atoms with Gasteiger partial charge in [0.15, 0.2) is 0 Å². The van der Waals surface area contributed by atoms with Gasteiger partial charge in [0.2, 0.25) is 0 Å². The van der Waals surface area contributed by atoms with E-state index in [0.29, 0.717) is 32.9 Å². The molecule has 1 aromatic heterocycles. The molecule has 0 unspecified atom stereocenters. The van der Waals surface area contributed by atoms with Gasteiger partial charge in [-0.2, -0.15) is 0 Å². The van der Waals surface area contributed by atoms with Crippen molar-refractivity contribution in [3.05, 3.63) is 74.6 Å². The molecule has 128 valence electrons. The predicted molar refractivity (Wildman–Crippen MR) is 94.3 cm³/mol. The maximum absolute atomic E-state index is 12.3. The highest BCUT2D eigenvalue weighted by Gasteiger charge is 2.15. The summed E-state index contributed by atoms with van der Waals surface area (Å²) >= 11 is 6.15. The number of para-hydroxylation sites is 1. The summed E-state index contributed by atoms with van der Waals surface area (Å²) in [5.41, 5.74) is 1.51. The molecule has 5 nitrogen and oxygen atoms in total. The van der Waals surface area contributed by atoms with Gasteiger partial charge in [-0.15, -0.1) is 0 Å². The minimum absolute atomic E-state index is 0.0849. The van der Waals surface area contributed by atoms with Gasteiger partial charge in [0.25, 0.3) is 0 Å². The van der Waals surface area contributed by atoms with Gasteiger partial charge in [-0.3, -0.25) is 0 Å². The number of methoxy groups -OCH3 is 1. The van der Waals surface area contributed by atoms with E-state index in [1.807, 2.05) is 6.92 Å². The van der Waals surface area contributed by atoms with Crippen LogP contribution in [0.5, 0.6) is 5.75 Å². The van der Waals surface area contributed by atoms with Gasteiger partial charge in [-0.1, -0.05) is 23.7 Å². The van der Waals surface area contributed by atoms with Crippen molar-refractivity contribution in [2.24, 2.45) is 0 Å². The molecule has 0 N–H and O–H groups in total. The smallest absolute Gasteiger partial charge is 0.342 e. The first kappa shape index (κ1) is 17.0. The van der Waals surface area contributed by atoms with Gasteiger partial charge in [0.1, 0.15) is 23.5 Å². The average Bonchev–Trinajstić information content (AvgIpc) is 2.60. The van der Waals surface area contributed by atoms with Gasteiger partial charge >= 0.3 is 11.6 Å². The van der Waals surface area contributed by atoms with Gasteiger partial charge in [0.05, 0.1) is 7.11 Å². The molecular formula is C19H15ClO5. The number of esters is 1. The standard InChI is InChI=1S/C19H15ClO5/c1-11-7-17-14(9-15(11)20)12(8-18(21)25-17)10-24-19(22)13-5-3-4-6-16(13)23-2/h3-9H,10H2,1-2H3. The third kappa shape index (κ3) is 3.51. The second-order valence-electron chi connectivity index (χ2n) is 5.46. The summed E-state index contributed by atoms with van der Waals surface area (Å²) in [5, 5.41) is 1.17. The van der Waals surface area contributed by atoms with Crippen molar-refractivity contribution in [1.29, 1.82) is 0 Å². The van der Waals surface area contributed by atoms with Gasteiger partial charge in [-0.05, 0) is 36.8 Å². The fourth-order valence-corrected chi connectivity index (χ4v) is 2.67. The van der Waals surface area contributed by atoms with Crippen molar-refractivity contribution in [2.75, 3.05) is 7.11 Å². The van der Waals surface area contributed by atoms with Crippen LogP contribution in [-0.4, -0.2) is 13.1 Å². The quantitative estimate of drug-likeness (QED) is 0.518. The summed E-state index contributed by atoms with van der Waals surface area (Å²) in [4.78, 5) is 24.1. The second-order valence-corrected chi connectivity index (χ2v) is 5.87. The molecule has 1 heterocycles. The predicted octanol–water partition coefficient (Wildman–Crippen LogP) is 4.12. The number of carbonyl (C=O) groups excluding carboxylic acids is 1. The lowest BCUT2D eigenvalue weighted by Gasteiger charge is -2.10. The van der Waals surface area contributed by atoms with Crippen molar-refractivity contribution in [2.45, 2.75) is 13.5 Å². The lowest BCUT2D eigenvalue weighted by Crippen LogP contribution is -2.09. The van der Waals surface area contributed by atoms with E-state index in [1.165, 1.54) is 13.2 Å². The summed E-state index contributed by atoms with van der Waals surface area (Å²) in [6.07, 6.45) is 0. The molecule has 0 aliphatic rings. The van der Waals surface area contributed by atoms with Gasteiger partial charge < -0.3 is 13.9 Å². The van der Waals surface area contributed by atoms with Crippen LogP contribution in [0.4, 0.5) is 0 Å². The van der Waals surface area contributed by atoms with Crippen LogP contribution < -0.4 is 10.4 Å². The van der Waals surface area contributed by atoms with E-state index >= 15 is 0 Å². The van der Waals surface area contributed by atoms with E-state index in [9.17, 15) is 9.59 Å². The zero-order valence-corrected chi connectivity index (χ0v) is 14.4. The lowest BCUT2D eigenvalue weighted by atomic mass is 10.1. The Morgan fingerprint density at radius 2 is 1.96 bits per heavy atom. The molecule has 0 amide bonds. The number of hydrogen-bond donors (Lipinski definition) is 0. The first-order valence-corrected chi connectivity index (χ1v) is 7.90. The van der Waals surface area contributed by atoms with Crippen molar-refractivity contribution >= 4 is 28.5 Å². The van der Waals surface area contributed by atoms with Crippen LogP contribution >= 0.6 is 11.6 Å². The third-order valence-corrected chi connectivity index (χ3v) is 4.20. The Morgan fingerprint density at radius 1 is 1.20 bits per heavy atom. The van der Waals surface area contributed by atoms with Crippen LogP contribution in [0.2, 0.25) is 5.02 Å². The molecule has 0 saturated carbocycles. The van der Waals surface area contributed by atoms with Crippen LogP contribution in [0.25, 0.3) is 11.0 Å². The SMILES string of the molecule is COc1ccccc1C(=O)OCc1cc(=O)oc2cc(C)c(Cl)cc12. The Labute approximate surface area is 148 Å². The highest BCUT2D eigenvalue weighted by molar-refractivity contribution is 6.32. The Bertz CT molecular complexity index is 1010. The minimum Gasteiger partial charge on any atom is -0.496 e. The van der Waals surface area contributed by atoms with Crippen molar-refractivity contribution < 1.29 is 18.7 Å². The summed E-state index contributed by atoms with van der Waals surface area (Å²) < 4.78 is 15.7. The number of hydrogen-bond acceptors (Lipinski definition) is 5. The molecule has 3 aromatic rings. The lowest BCUT2D eigenvalue weighted by molar-refractivity contribution is 0.0470. The van der Waals surface area contributed by atoms with Crippen LogP contribution in [0.15, 0.2) is 51.7 Å². The number of aryl methyl sites for hydroxylation is 1. The highest BCUT2D eigenvalue weighted by atomic mass is 35.5. The molecule has 25 heavy (non-hydrogen) atoms. The molecule has 0 atom stereocenters. The van der Waals surface area contributed by atoms with Crippen LogP contribution in [-0.2, 0) is 11.3 Å². The van der Waals surface area contributed by atoms with Crippen molar-refractivity contribution in [3.8, 4) is 5.75 Å². The summed E-state index contributed by atoms with van der Waals surface area (Å²) in [6, 6.07) is 11.4. The summed E-state index contributed by atoms with van der Waals surface area (Å²) in [5.74, 6) is -0.124.